The van der Waals surface area contributed by atoms with E-state index in [-0.39, 0.29) is 0 Å². The molecule has 1 saturated heterocycles. The Morgan fingerprint density at radius 1 is 1.50 bits per heavy atom. The van der Waals surface area contributed by atoms with Gasteiger partial charge in [-0.2, -0.15) is 0 Å². The molecule has 14 heavy (non-hydrogen) atoms. The molecule has 1 aromatic carbocycles. The van der Waals surface area contributed by atoms with Crippen LogP contribution in [-0.4, -0.2) is 26.2 Å². The first-order valence-electron chi connectivity index (χ1n) is 4.58. The molecule has 2 rings (SSSR count). The minimum Gasteiger partial charge on any atom is -0.362 e. The maximum Gasteiger partial charge on any atom is 0.0654 e. The summed E-state index contributed by atoms with van der Waals surface area (Å²) >= 11 is 11.9. The average molecular weight is 231 g/mol. The van der Waals surface area contributed by atoms with Crippen molar-refractivity contribution in [2.45, 2.75) is 6.04 Å². The van der Waals surface area contributed by atoms with E-state index in [0.29, 0.717) is 11.1 Å². The van der Waals surface area contributed by atoms with E-state index in [4.69, 9.17) is 23.2 Å². The summed E-state index contributed by atoms with van der Waals surface area (Å²) in [5, 5.41) is 4.57. The van der Waals surface area contributed by atoms with Crippen LogP contribution in [0.15, 0.2) is 18.2 Å². The van der Waals surface area contributed by atoms with E-state index in [0.717, 1.165) is 23.8 Å². The van der Waals surface area contributed by atoms with Crippen molar-refractivity contribution < 1.29 is 0 Å². The molecule has 1 unspecified atom stereocenters. The van der Waals surface area contributed by atoms with Crippen LogP contribution in [0.25, 0.3) is 0 Å². The molecule has 1 N–H and O–H groups in total. The number of likely N-dealkylation sites (N-methyl/N-ethyl adjacent to an activating group) is 1. The number of benzene rings is 1. The van der Waals surface area contributed by atoms with Crippen LogP contribution in [-0.2, 0) is 0 Å². The molecule has 2 nitrogen and oxygen atoms in total. The fraction of sp³-hybridized carbons (Fsp3) is 0.400. The summed E-state index contributed by atoms with van der Waals surface area (Å²) in [6.07, 6.45) is 0. The van der Waals surface area contributed by atoms with Gasteiger partial charge < -0.3 is 10.2 Å². The van der Waals surface area contributed by atoms with E-state index in [1.165, 1.54) is 0 Å². The van der Waals surface area contributed by atoms with Crippen molar-refractivity contribution >= 4 is 28.9 Å². The molecule has 0 aromatic heterocycles. The van der Waals surface area contributed by atoms with Gasteiger partial charge in [-0.15, -0.1) is 0 Å². The lowest BCUT2D eigenvalue weighted by Gasteiger charge is -2.07. The number of nitrogens with one attached hydrogen (secondary N) is 1. The fourth-order valence-electron chi connectivity index (χ4n) is 1.60. The summed E-state index contributed by atoms with van der Waals surface area (Å²) in [5.41, 5.74) is 1.08. The largest absolute Gasteiger partial charge is 0.362 e. The van der Waals surface area contributed by atoms with Crippen molar-refractivity contribution in [2.75, 3.05) is 25.0 Å². The maximum atomic E-state index is 6.08. The molecule has 1 aliphatic heterocycles. The Labute approximate surface area is 93.8 Å². The van der Waals surface area contributed by atoms with Crippen molar-refractivity contribution in [3.8, 4) is 0 Å². The highest BCUT2D eigenvalue weighted by atomic mass is 35.5. The molecule has 1 aromatic rings. The standard InChI is InChI=1S/C10H12Cl2N2/c1-13-5-8-6-14(8)10-3-2-7(11)4-9(10)12/h2-4,8,13H,5-6H2,1H3. The van der Waals surface area contributed by atoms with Crippen LogP contribution in [0, 0.1) is 0 Å². The Balaban J connectivity index is 2.11. The number of hydrogen-bond donors (Lipinski definition) is 1. The van der Waals surface area contributed by atoms with Crippen molar-refractivity contribution in [1.82, 2.24) is 5.32 Å². The second kappa shape index (κ2) is 3.97. The third-order valence-electron chi connectivity index (χ3n) is 2.37. The number of halogens is 2. The molecule has 1 heterocycles. The van der Waals surface area contributed by atoms with Crippen LogP contribution >= 0.6 is 23.2 Å². The van der Waals surface area contributed by atoms with Gasteiger partial charge in [0, 0.05) is 18.1 Å². The van der Waals surface area contributed by atoms with E-state index in [9.17, 15) is 0 Å². The molecule has 0 radical (unpaired) electrons. The predicted octanol–water partition coefficient (Wildman–Crippen LogP) is 2.40. The lowest BCUT2D eigenvalue weighted by molar-refractivity contribution is 0.791. The first kappa shape index (κ1) is 10.1. The highest BCUT2D eigenvalue weighted by Crippen LogP contribution is 2.35. The van der Waals surface area contributed by atoms with Gasteiger partial charge in [0.25, 0.3) is 0 Å². The lowest BCUT2D eigenvalue weighted by Crippen LogP contribution is -2.17. The molecule has 1 fully saturated rings. The smallest absolute Gasteiger partial charge is 0.0654 e. The first-order valence-corrected chi connectivity index (χ1v) is 5.34. The second-order valence-electron chi connectivity index (χ2n) is 3.46. The third kappa shape index (κ3) is 1.97. The number of nitrogens with zero attached hydrogens (tertiary/aromatic N) is 1. The van der Waals surface area contributed by atoms with Gasteiger partial charge in [-0.05, 0) is 25.2 Å². The predicted molar refractivity (Wildman–Crippen MR) is 61.5 cm³/mol. The van der Waals surface area contributed by atoms with Crippen molar-refractivity contribution in [3.63, 3.8) is 0 Å². The first-order chi connectivity index (χ1) is 6.72. The van der Waals surface area contributed by atoms with Crippen molar-refractivity contribution in [1.29, 1.82) is 0 Å². The number of anilines is 1. The van der Waals surface area contributed by atoms with Crippen LogP contribution in [0.2, 0.25) is 10.0 Å². The molecule has 0 aliphatic carbocycles. The summed E-state index contributed by atoms with van der Waals surface area (Å²) in [4.78, 5) is 2.26. The summed E-state index contributed by atoms with van der Waals surface area (Å²) in [5.74, 6) is 0. The van der Waals surface area contributed by atoms with E-state index in [2.05, 4.69) is 10.2 Å². The van der Waals surface area contributed by atoms with E-state index >= 15 is 0 Å². The van der Waals surface area contributed by atoms with E-state index in [1.54, 1.807) is 6.07 Å². The van der Waals surface area contributed by atoms with Crippen LogP contribution in [0.4, 0.5) is 5.69 Å². The molecule has 0 bridgehead atoms. The molecule has 0 spiro atoms. The molecular weight excluding hydrogens is 219 g/mol. The third-order valence-corrected chi connectivity index (χ3v) is 2.91. The van der Waals surface area contributed by atoms with Crippen LogP contribution in [0.1, 0.15) is 0 Å². The van der Waals surface area contributed by atoms with Crippen LogP contribution in [0.5, 0.6) is 0 Å². The zero-order valence-electron chi connectivity index (χ0n) is 7.93. The Kier molecular flexibility index (Phi) is 2.86. The normalized spacial score (nSPS) is 19.9. The monoisotopic (exact) mass is 230 g/mol. The van der Waals surface area contributed by atoms with E-state index in [1.807, 2.05) is 19.2 Å². The van der Waals surface area contributed by atoms with Gasteiger partial charge in [0.15, 0.2) is 0 Å². The van der Waals surface area contributed by atoms with E-state index < -0.39 is 0 Å². The lowest BCUT2D eigenvalue weighted by atomic mass is 10.3. The topological polar surface area (TPSA) is 15.0 Å². The maximum absolute atomic E-state index is 6.08. The molecule has 1 aliphatic rings. The van der Waals surface area contributed by atoms with Gasteiger partial charge in [0.05, 0.1) is 16.8 Å². The van der Waals surface area contributed by atoms with Gasteiger partial charge in [0.2, 0.25) is 0 Å². The average Bonchev–Trinajstić information content (AvgIpc) is 2.84. The van der Waals surface area contributed by atoms with Gasteiger partial charge in [0.1, 0.15) is 0 Å². The number of hydrogen-bond acceptors (Lipinski definition) is 2. The molecule has 1 atom stereocenters. The molecule has 0 saturated carbocycles. The quantitative estimate of drug-likeness (QED) is 0.803. The summed E-state index contributed by atoms with van der Waals surface area (Å²) < 4.78 is 0. The highest BCUT2D eigenvalue weighted by molar-refractivity contribution is 6.36. The Bertz CT molecular complexity index is 341. The molecule has 0 amide bonds. The molecule has 4 heteroatoms. The Morgan fingerprint density at radius 3 is 2.93 bits per heavy atom. The van der Waals surface area contributed by atoms with Crippen molar-refractivity contribution in [3.05, 3.63) is 28.2 Å². The number of rotatable bonds is 3. The molecule has 76 valence electrons. The van der Waals surface area contributed by atoms with Crippen molar-refractivity contribution in [2.24, 2.45) is 0 Å². The van der Waals surface area contributed by atoms with Gasteiger partial charge in [-0.25, -0.2) is 0 Å². The fourth-order valence-corrected chi connectivity index (χ4v) is 2.12. The molecular formula is C10H12Cl2N2. The SMILES string of the molecule is CNCC1CN1c1ccc(Cl)cc1Cl. The Morgan fingerprint density at radius 2 is 2.29 bits per heavy atom. The summed E-state index contributed by atoms with van der Waals surface area (Å²) in [6, 6.07) is 6.21. The zero-order valence-corrected chi connectivity index (χ0v) is 9.44. The van der Waals surface area contributed by atoms with Gasteiger partial charge in [-0.3, -0.25) is 0 Å². The zero-order chi connectivity index (χ0) is 10.1. The summed E-state index contributed by atoms with van der Waals surface area (Å²) in [7, 11) is 1.96. The summed E-state index contributed by atoms with van der Waals surface area (Å²) in [6.45, 7) is 2.07. The van der Waals surface area contributed by atoms with Gasteiger partial charge >= 0.3 is 0 Å². The van der Waals surface area contributed by atoms with Crippen LogP contribution < -0.4 is 10.2 Å². The van der Waals surface area contributed by atoms with Gasteiger partial charge in [-0.1, -0.05) is 23.2 Å². The minimum atomic E-state index is 0.582. The Hall–Kier alpha value is -0.440. The second-order valence-corrected chi connectivity index (χ2v) is 4.30. The minimum absolute atomic E-state index is 0.582. The van der Waals surface area contributed by atoms with Crippen LogP contribution in [0.3, 0.4) is 0 Å². The highest BCUT2D eigenvalue weighted by Gasteiger charge is 2.34.